The second-order valence-electron chi connectivity index (χ2n) is 4.02. The second-order valence-corrected chi connectivity index (χ2v) is 4.02. The summed E-state index contributed by atoms with van der Waals surface area (Å²) in [4.78, 5) is 4.78. The van der Waals surface area contributed by atoms with Crippen molar-refractivity contribution < 1.29 is 0 Å². The van der Waals surface area contributed by atoms with Gasteiger partial charge in [-0.1, -0.05) is 13.8 Å². The van der Waals surface area contributed by atoms with Gasteiger partial charge >= 0.3 is 0 Å². The smallest absolute Gasteiger partial charge is 0.00671 e. The van der Waals surface area contributed by atoms with Crippen LogP contribution >= 0.6 is 0 Å². The minimum absolute atomic E-state index is 0.745. The lowest BCUT2D eigenvalue weighted by Gasteiger charge is -2.26. The first-order chi connectivity index (χ1) is 6.11. The van der Waals surface area contributed by atoms with Gasteiger partial charge in [-0.25, -0.2) is 0 Å². The fourth-order valence-electron chi connectivity index (χ4n) is 1.73. The van der Waals surface area contributed by atoms with E-state index in [2.05, 4.69) is 44.7 Å². The fraction of sp³-hybridized carbons (Fsp3) is 1.00. The molecule has 0 aromatic rings. The molecule has 0 radical (unpaired) electrons. The van der Waals surface area contributed by atoms with E-state index in [1.165, 1.54) is 32.5 Å². The Bertz CT molecular complexity index is 109. The molecule has 0 bridgehead atoms. The van der Waals surface area contributed by atoms with E-state index in [-0.39, 0.29) is 0 Å². The molecule has 80 valence electrons. The summed E-state index contributed by atoms with van der Waals surface area (Å²) >= 11 is 0. The molecule has 0 saturated heterocycles. The predicted molar refractivity (Wildman–Crippen MR) is 60.2 cm³/mol. The molecular formula is C11H26N2. The summed E-state index contributed by atoms with van der Waals surface area (Å²) in [6, 6.07) is 0.745. The van der Waals surface area contributed by atoms with Crippen LogP contribution < -0.4 is 0 Å². The van der Waals surface area contributed by atoms with Gasteiger partial charge in [-0.3, -0.25) is 0 Å². The third-order valence-electron chi connectivity index (χ3n) is 2.66. The summed E-state index contributed by atoms with van der Waals surface area (Å²) in [5.74, 6) is 0. The van der Waals surface area contributed by atoms with Crippen LogP contribution in [0.1, 0.15) is 33.6 Å². The second kappa shape index (κ2) is 7.34. The number of nitrogens with zero attached hydrogens (tertiary/aromatic N) is 2. The summed E-state index contributed by atoms with van der Waals surface area (Å²) in [5.41, 5.74) is 0. The van der Waals surface area contributed by atoms with Crippen molar-refractivity contribution >= 4 is 0 Å². The largest absolute Gasteiger partial charge is 0.309 e. The van der Waals surface area contributed by atoms with Gasteiger partial charge in [-0.05, 0) is 53.5 Å². The van der Waals surface area contributed by atoms with Crippen LogP contribution in [-0.2, 0) is 0 Å². The van der Waals surface area contributed by atoms with E-state index >= 15 is 0 Å². The molecule has 0 aromatic carbocycles. The number of hydrogen-bond acceptors (Lipinski definition) is 2. The molecule has 0 spiro atoms. The van der Waals surface area contributed by atoms with Gasteiger partial charge in [0.1, 0.15) is 0 Å². The lowest BCUT2D eigenvalue weighted by atomic mass is 10.1. The highest BCUT2D eigenvalue weighted by Gasteiger charge is 2.08. The van der Waals surface area contributed by atoms with Crippen molar-refractivity contribution in [3.8, 4) is 0 Å². The summed E-state index contributed by atoms with van der Waals surface area (Å²) in [6.45, 7) is 10.4. The van der Waals surface area contributed by atoms with Crippen molar-refractivity contribution in [2.75, 3.05) is 33.7 Å². The molecule has 13 heavy (non-hydrogen) atoms. The average Bonchev–Trinajstić information content (AvgIpc) is 2.05. The molecule has 0 heterocycles. The van der Waals surface area contributed by atoms with Crippen LogP contribution in [0.15, 0.2) is 0 Å². The Kier molecular flexibility index (Phi) is 7.29. The molecule has 0 aliphatic carbocycles. The Hall–Kier alpha value is -0.0800. The van der Waals surface area contributed by atoms with Crippen LogP contribution in [0.3, 0.4) is 0 Å². The fourth-order valence-corrected chi connectivity index (χ4v) is 1.73. The first kappa shape index (κ1) is 12.9. The van der Waals surface area contributed by atoms with E-state index in [1.807, 2.05) is 0 Å². The zero-order chi connectivity index (χ0) is 10.3. The summed E-state index contributed by atoms with van der Waals surface area (Å²) in [7, 11) is 4.28. The van der Waals surface area contributed by atoms with Gasteiger partial charge in [-0.2, -0.15) is 0 Å². The lowest BCUT2D eigenvalue weighted by Crippen LogP contribution is -2.33. The summed E-state index contributed by atoms with van der Waals surface area (Å²) in [6.07, 6.45) is 2.63. The van der Waals surface area contributed by atoms with Crippen LogP contribution in [0, 0.1) is 0 Å². The minimum Gasteiger partial charge on any atom is -0.309 e. The van der Waals surface area contributed by atoms with Crippen LogP contribution in [0.5, 0.6) is 0 Å². The van der Waals surface area contributed by atoms with Crippen molar-refractivity contribution in [3.05, 3.63) is 0 Å². The Labute approximate surface area is 83.9 Å². The van der Waals surface area contributed by atoms with E-state index < -0.39 is 0 Å². The van der Waals surface area contributed by atoms with E-state index in [0.29, 0.717) is 0 Å². The molecule has 1 unspecified atom stereocenters. The molecule has 0 N–H and O–H groups in total. The number of rotatable bonds is 7. The SMILES string of the molecule is CCN(CC)C(C)CCCN(C)C. The van der Waals surface area contributed by atoms with E-state index in [4.69, 9.17) is 0 Å². The topological polar surface area (TPSA) is 6.48 Å². The zero-order valence-corrected chi connectivity index (χ0v) is 10.0. The molecule has 2 nitrogen and oxygen atoms in total. The molecular weight excluding hydrogens is 160 g/mol. The maximum absolute atomic E-state index is 2.52. The normalized spacial score (nSPS) is 14.1. The van der Waals surface area contributed by atoms with Gasteiger partial charge in [0.15, 0.2) is 0 Å². The van der Waals surface area contributed by atoms with Crippen LogP contribution in [0.25, 0.3) is 0 Å². The van der Waals surface area contributed by atoms with Crippen LogP contribution in [-0.4, -0.2) is 49.6 Å². The highest BCUT2D eigenvalue weighted by Crippen LogP contribution is 2.05. The van der Waals surface area contributed by atoms with Crippen molar-refractivity contribution in [2.45, 2.75) is 39.7 Å². The van der Waals surface area contributed by atoms with Crippen molar-refractivity contribution in [1.82, 2.24) is 9.80 Å². The van der Waals surface area contributed by atoms with Gasteiger partial charge in [0.05, 0.1) is 0 Å². The first-order valence-electron chi connectivity index (χ1n) is 5.50. The molecule has 0 aliphatic rings. The molecule has 0 aromatic heterocycles. The van der Waals surface area contributed by atoms with Gasteiger partial charge in [0, 0.05) is 6.04 Å². The Morgan fingerprint density at radius 2 is 1.62 bits per heavy atom. The maximum Gasteiger partial charge on any atom is 0.00671 e. The van der Waals surface area contributed by atoms with Crippen LogP contribution in [0.4, 0.5) is 0 Å². The first-order valence-corrected chi connectivity index (χ1v) is 5.50. The molecule has 0 saturated carbocycles. The molecule has 0 amide bonds. The molecule has 1 atom stereocenters. The quantitative estimate of drug-likeness (QED) is 0.600. The van der Waals surface area contributed by atoms with Gasteiger partial charge in [-0.15, -0.1) is 0 Å². The molecule has 0 aliphatic heterocycles. The monoisotopic (exact) mass is 186 g/mol. The zero-order valence-electron chi connectivity index (χ0n) is 10.0. The highest BCUT2D eigenvalue weighted by atomic mass is 15.1. The average molecular weight is 186 g/mol. The minimum atomic E-state index is 0.745. The Balaban J connectivity index is 3.53. The van der Waals surface area contributed by atoms with Crippen molar-refractivity contribution in [2.24, 2.45) is 0 Å². The van der Waals surface area contributed by atoms with Gasteiger partial charge in [0.25, 0.3) is 0 Å². The van der Waals surface area contributed by atoms with Crippen LogP contribution in [0.2, 0.25) is 0 Å². The molecule has 0 fully saturated rings. The third kappa shape index (κ3) is 6.05. The number of hydrogen-bond donors (Lipinski definition) is 0. The lowest BCUT2D eigenvalue weighted by molar-refractivity contribution is 0.213. The predicted octanol–water partition coefficient (Wildman–Crippen LogP) is 2.06. The standard InChI is InChI=1S/C11H26N2/c1-6-13(7-2)11(3)9-8-10-12(4)5/h11H,6-10H2,1-5H3. The Morgan fingerprint density at radius 1 is 1.08 bits per heavy atom. The molecule has 2 heteroatoms. The molecule has 0 rings (SSSR count). The summed E-state index contributed by atoms with van der Waals surface area (Å²) in [5, 5.41) is 0. The highest BCUT2D eigenvalue weighted by molar-refractivity contribution is 4.64. The summed E-state index contributed by atoms with van der Waals surface area (Å²) < 4.78 is 0. The van der Waals surface area contributed by atoms with Crippen molar-refractivity contribution in [3.63, 3.8) is 0 Å². The van der Waals surface area contributed by atoms with E-state index in [1.54, 1.807) is 0 Å². The van der Waals surface area contributed by atoms with Gasteiger partial charge < -0.3 is 9.80 Å². The van der Waals surface area contributed by atoms with Gasteiger partial charge in [0.2, 0.25) is 0 Å². The van der Waals surface area contributed by atoms with Crippen molar-refractivity contribution in [1.29, 1.82) is 0 Å². The van der Waals surface area contributed by atoms with E-state index in [9.17, 15) is 0 Å². The maximum atomic E-state index is 2.52. The third-order valence-corrected chi connectivity index (χ3v) is 2.66. The van der Waals surface area contributed by atoms with E-state index in [0.717, 1.165) is 6.04 Å². The Morgan fingerprint density at radius 3 is 2.00 bits per heavy atom.